The van der Waals surface area contributed by atoms with E-state index >= 15 is 0 Å². The number of thiocarbonyl (C=S) groups is 1. The number of rotatable bonds is 5. The van der Waals surface area contributed by atoms with Crippen molar-refractivity contribution in [2.75, 3.05) is 13.6 Å². The maximum absolute atomic E-state index is 5.28. The number of nitrogens with zero attached hydrogens (tertiary/aromatic N) is 2. The normalized spacial score (nSPS) is 11.7. The van der Waals surface area contributed by atoms with E-state index in [1.807, 2.05) is 13.3 Å². The molecule has 0 saturated carbocycles. The van der Waals surface area contributed by atoms with Crippen molar-refractivity contribution in [3.8, 4) is 0 Å². The van der Waals surface area contributed by atoms with E-state index in [1.54, 1.807) is 5.01 Å². The van der Waals surface area contributed by atoms with Crippen molar-refractivity contribution < 1.29 is 0 Å². The van der Waals surface area contributed by atoms with Gasteiger partial charge in [0.2, 0.25) is 0 Å². The molecule has 1 N–H and O–H groups in total. The van der Waals surface area contributed by atoms with Crippen LogP contribution in [0.5, 0.6) is 0 Å². The Morgan fingerprint density at radius 3 is 2.43 bits per heavy atom. The first kappa shape index (κ1) is 17.6. The van der Waals surface area contributed by atoms with Crippen molar-refractivity contribution in [2.24, 2.45) is 5.10 Å². The molecule has 0 aliphatic carbocycles. The third kappa shape index (κ3) is 6.25. The largest absolute Gasteiger partial charge is 0.361 e. The summed E-state index contributed by atoms with van der Waals surface area (Å²) in [6, 6.07) is 8.48. The van der Waals surface area contributed by atoms with E-state index in [-0.39, 0.29) is 5.41 Å². The molecule has 0 aromatic heterocycles. The molecule has 0 spiro atoms. The van der Waals surface area contributed by atoms with Crippen LogP contribution < -0.4 is 5.32 Å². The second-order valence-corrected chi connectivity index (χ2v) is 6.61. The number of unbranched alkanes of at least 4 members (excludes halogenated alkanes) is 1. The fraction of sp³-hybridized carbons (Fsp3) is 0.529. The third-order valence-electron chi connectivity index (χ3n) is 3.26. The Morgan fingerprint density at radius 2 is 1.90 bits per heavy atom. The molecule has 0 atom stereocenters. The first-order valence-electron chi connectivity index (χ1n) is 7.50. The molecule has 1 aromatic carbocycles. The summed E-state index contributed by atoms with van der Waals surface area (Å²) in [6.45, 7) is 9.70. The fourth-order valence-electron chi connectivity index (χ4n) is 1.76. The highest BCUT2D eigenvalue weighted by Crippen LogP contribution is 2.21. The second-order valence-electron chi connectivity index (χ2n) is 6.23. The average Bonchev–Trinajstić information content (AvgIpc) is 2.44. The van der Waals surface area contributed by atoms with Crippen molar-refractivity contribution >= 4 is 23.5 Å². The monoisotopic (exact) mass is 305 g/mol. The average molecular weight is 305 g/mol. The first-order valence-corrected chi connectivity index (χ1v) is 7.91. The lowest BCUT2D eigenvalue weighted by molar-refractivity contribution is 0.530. The molecule has 0 bridgehead atoms. The minimum absolute atomic E-state index is 0.178. The van der Waals surface area contributed by atoms with Gasteiger partial charge in [0.15, 0.2) is 5.11 Å². The van der Waals surface area contributed by atoms with E-state index in [4.69, 9.17) is 12.2 Å². The zero-order valence-corrected chi connectivity index (χ0v) is 14.6. The Hall–Kier alpha value is -1.42. The molecule has 0 fully saturated rings. The molecule has 0 aliphatic rings. The molecule has 0 heterocycles. The molecule has 21 heavy (non-hydrogen) atoms. The van der Waals surface area contributed by atoms with Crippen LogP contribution in [-0.4, -0.2) is 29.9 Å². The lowest BCUT2D eigenvalue weighted by Crippen LogP contribution is -2.34. The van der Waals surface area contributed by atoms with Crippen LogP contribution in [0.25, 0.3) is 0 Å². The van der Waals surface area contributed by atoms with E-state index < -0.39 is 0 Å². The SMILES string of the molecule is CCCCNC(=S)N(C)/N=C/c1ccc(C(C)(C)C)cc1. The first-order chi connectivity index (χ1) is 9.84. The van der Waals surface area contributed by atoms with Crippen molar-refractivity contribution in [1.29, 1.82) is 0 Å². The molecular weight excluding hydrogens is 278 g/mol. The number of hydrazone groups is 1. The van der Waals surface area contributed by atoms with Gasteiger partial charge >= 0.3 is 0 Å². The van der Waals surface area contributed by atoms with Gasteiger partial charge in [-0.3, -0.25) is 0 Å². The third-order valence-corrected chi connectivity index (χ3v) is 3.67. The van der Waals surface area contributed by atoms with Gasteiger partial charge in [0.05, 0.1) is 6.21 Å². The fourth-order valence-corrected chi connectivity index (χ4v) is 1.91. The van der Waals surface area contributed by atoms with Gasteiger partial charge in [0, 0.05) is 13.6 Å². The van der Waals surface area contributed by atoms with Gasteiger partial charge in [-0.2, -0.15) is 5.10 Å². The number of hydrogen-bond acceptors (Lipinski definition) is 2. The van der Waals surface area contributed by atoms with Crippen molar-refractivity contribution in [3.05, 3.63) is 35.4 Å². The van der Waals surface area contributed by atoms with Crippen LogP contribution in [0.3, 0.4) is 0 Å². The quantitative estimate of drug-likeness (QED) is 0.387. The molecule has 0 aliphatic heterocycles. The van der Waals surface area contributed by atoms with E-state index in [9.17, 15) is 0 Å². The highest BCUT2D eigenvalue weighted by Gasteiger charge is 2.12. The van der Waals surface area contributed by atoms with E-state index in [0.29, 0.717) is 5.11 Å². The highest BCUT2D eigenvalue weighted by atomic mass is 32.1. The number of hydrogen-bond donors (Lipinski definition) is 1. The number of benzene rings is 1. The molecule has 0 unspecified atom stereocenters. The molecule has 0 amide bonds. The molecule has 0 saturated heterocycles. The number of nitrogens with one attached hydrogen (secondary N) is 1. The standard InChI is InChI=1S/C17H27N3S/c1-6-7-12-18-16(21)20(5)19-13-14-8-10-15(11-9-14)17(2,3)4/h8-11,13H,6-7,12H2,1-5H3,(H,18,21)/b19-13+. The smallest absolute Gasteiger partial charge is 0.189 e. The van der Waals surface area contributed by atoms with Crippen molar-refractivity contribution in [1.82, 2.24) is 10.3 Å². The predicted molar refractivity (Wildman–Crippen MR) is 96.0 cm³/mol. The van der Waals surface area contributed by atoms with Gasteiger partial charge in [-0.15, -0.1) is 0 Å². The summed E-state index contributed by atoms with van der Waals surface area (Å²) in [5, 5.41) is 9.92. The molecule has 1 rings (SSSR count). The minimum Gasteiger partial charge on any atom is -0.361 e. The van der Waals surface area contributed by atoms with Gasteiger partial charge in [0.1, 0.15) is 0 Å². The zero-order chi connectivity index (χ0) is 15.9. The lowest BCUT2D eigenvalue weighted by atomic mass is 9.87. The van der Waals surface area contributed by atoms with Crippen LogP contribution in [0.2, 0.25) is 0 Å². The maximum Gasteiger partial charge on any atom is 0.189 e. The summed E-state index contributed by atoms with van der Waals surface area (Å²) in [4.78, 5) is 0. The predicted octanol–water partition coefficient (Wildman–Crippen LogP) is 3.92. The summed E-state index contributed by atoms with van der Waals surface area (Å²) in [7, 11) is 1.86. The van der Waals surface area contributed by atoms with Crippen LogP contribution in [0.4, 0.5) is 0 Å². The summed E-state index contributed by atoms with van der Waals surface area (Å²) in [5.41, 5.74) is 2.58. The van der Waals surface area contributed by atoms with E-state index in [0.717, 1.165) is 24.9 Å². The van der Waals surface area contributed by atoms with Crippen molar-refractivity contribution in [3.63, 3.8) is 0 Å². The second kappa shape index (κ2) is 8.13. The van der Waals surface area contributed by atoms with Crippen LogP contribution in [0.15, 0.2) is 29.4 Å². The van der Waals surface area contributed by atoms with Crippen LogP contribution in [0.1, 0.15) is 51.7 Å². The van der Waals surface area contributed by atoms with Crippen LogP contribution in [-0.2, 0) is 5.41 Å². The van der Waals surface area contributed by atoms with E-state index in [2.05, 4.69) is 62.4 Å². The minimum atomic E-state index is 0.178. The van der Waals surface area contributed by atoms with Gasteiger partial charge < -0.3 is 5.32 Å². The molecular formula is C17H27N3S. The van der Waals surface area contributed by atoms with Crippen LogP contribution >= 0.6 is 12.2 Å². The lowest BCUT2D eigenvalue weighted by Gasteiger charge is -2.19. The molecule has 4 heteroatoms. The maximum atomic E-state index is 5.28. The van der Waals surface area contributed by atoms with E-state index in [1.165, 1.54) is 5.56 Å². The molecule has 0 radical (unpaired) electrons. The summed E-state index contributed by atoms with van der Waals surface area (Å²) < 4.78 is 0. The van der Waals surface area contributed by atoms with Crippen molar-refractivity contribution in [2.45, 2.75) is 46.0 Å². The Bertz CT molecular complexity index is 472. The summed E-state index contributed by atoms with van der Waals surface area (Å²) >= 11 is 5.28. The topological polar surface area (TPSA) is 27.6 Å². The zero-order valence-electron chi connectivity index (χ0n) is 13.8. The Balaban J connectivity index is 2.57. The highest BCUT2D eigenvalue weighted by molar-refractivity contribution is 7.80. The molecule has 116 valence electrons. The molecule has 3 nitrogen and oxygen atoms in total. The Kier molecular flexibility index (Phi) is 6.82. The summed E-state index contributed by atoms with van der Waals surface area (Å²) in [6.07, 6.45) is 4.11. The van der Waals surface area contributed by atoms with Gasteiger partial charge in [-0.1, -0.05) is 58.4 Å². The molecule has 1 aromatic rings. The van der Waals surface area contributed by atoms with Gasteiger partial charge in [-0.25, -0.2) is 5.01 Å². The Morgan fingerprint density at radius 1 is 1.29 bits per heavy atom. The van der Waals surface area contributed by atoms with Gasteiger partial charge in [0.25, 0.3) is 0 Å². The Labute approximate surface area is 134 Å². The van der Waals surface area contributed by atoms with Crippen LogP contribution in [0, 0.1) is 0 Å². The summed E-state index contributed by atoms with van der Waals surface area (Å²) in [5.74, 6) is 0. The van der Waals surface area contributed by atoms with Gasteiger partial charge in [-0.05, 0) is 35.2 Å².